The van der Waals surface area contributed by atoms with Crippen LogP contribution in [0, 0.1) is 10.1 Å². The molecule has 3 N–H and O–H groups in total. The van der Waals surface area contributed by atoms with Crippen LogP contribution in [0.5, 0.6) is 5.75 Å². The molecule has 104 valence electrons. The number of rotatable bonds is 4. The summed E-state index contributed by atoms with van der Waals surface area (Å²) in [4.78, 5) is 13.4. The molecule has 0 unspecified atom stereocenters. The number of nitro groups is 1. The van der Waals surface area contributed by atoms with Crippen molar-refractivity contribution >= 4 is 11.5 Å². The van der Waals surface area contributed by atoms with Gasteiger partial charge < -0.3 is 10.2 Å². The quantitative estimate of drug-likeness (QED) is 0.284. The van der Waals surface area contributed by atoms with Crippen LogP contribution in [0.1, 0.15) is 0 Å². The Labute approximate surface area is 105 Å². The van der Waals surface area contributed by atoms with Gasteiger partial charge in [0.15, 0.2) is 5.84 Å². The molecule has 0 atom stereocenters. The minimum absolute atomic E-state index is 0.130. The summed E-state index contributed by atoms with van der Waals surface area (Å²) in [6, 6.07) is 4.48. The molecule has 1 aromatic rings. The molecule has 0 saturated heterocycles. The number of amidine groups is 1. The summed E-state index contributed by atoms with van der Waals surface area (Å²) in [5, 5.41) is 10.3. The molecule has 1 rings (SSSR count). The van der Waals surface area contributed by atoms with Crippen molar-refractivity contribution in [2.24, 2.45) is 10.8 Å². The Kier molecular flexibility index (Phi) is 4.64. The van der Waals surface area contributed by atoms with Gasteiger partial charge in [0.05, 0.1) is 5.69 Å². The van der Waals surface area contributed by atoms with Crippen molar-refractivity contribution in [3.8, 4) is 5.75 Å². The fourth-order valence-electron chi connectivity index (χ4n) is 1.11. The summed E-state index contributed by atoms with van der Waals surface area (Å²) >= 11 is 0. The topological polar surface area (TPSA) is 103 Å². The van der Waals surface area contributed by atoms with Crippen molar-refractivity contribution < 1.29 is 22.8 Å². The predicted molar refractivity (Wildman–Crippen MR) is 59.4 cm³/mol. The van der Waals surface area contributed by atoms with Crippen molar-refractivity contribution in [3.63, 3.8) is 0 Å². The van der Waals surface area contributed by atoms with E-state index in [4.69, 9.17) is 5.84 Å². The third-order valence-corrected chi connectivity index (χ3v) is 1.78. The van der Waals surface area contributed by atoms with Crippen LogP contribution in [0.15, 0.2) is 29.3 Å². The number of hydrazine groups is 1. The second-order valence-corrected chi connectivity index (χ2v) is 3.24. The normalized spacial score (nSPS) is 12.1. The summed E-state index contributed by atoms with van der Waals surface area (Å²) < 4.78 is 39.4. The molecule has 0 aromatic heterocycles. The van der Waals surface area contributed by atoms with Crippen LogP contribution in [0.25, 0.3) is 0 Å². The van der Waals surface area contributed by atoms with E-state index in [2.05, 4.69) is 9.73 Å². The number of halogens is 3. The van der Waals surface area contributed by atoms with Gasteiger partial charge in [-0.15, -0.1) is 13.2 Å². The molecule has 0 amide bonds. The highest BCUT2D eigenvalue weighted by Gasteiger charge is 2.30. The highest BCUT2D eigenvalue weighted by atomic mass is 19.4. The number of nitrogens with one attached hydrogen (secondary N) is 1. The van der Waals surface area contributed by atoms with Crippen LogP contribution in [0.3, 0.4) is 0 Å². The van der Waals surface area contributed by atoms with Gasteiger partial charge >= 0.3 is 6.36 Å². The number of nitrogens with two attached hydrogens (primary N) is 1. The molecule has 0 fully saturated rings. The van der Waals surface area contributed by atoms with E-state index in [9.17, 15) is 23.3 Å². The zero-order valence-electron chi connectivity index (χ0n) is 9.35. The van der Waals surface area contributed by atoms with Gasteiger partial charge in [0, 0.05) is 4.92 Å². The smallest absolute Gasteiger partial charge is 0.406 e. The van der Waals surface area contributed by atoms with Crippen molar-refractivity contribution in [2.45, 2.75) is 6.36 Å². The lowest BCUT2D eigenvalue weighted by molar-refractivity contribution is -0.463. The van der Waals surface area contributed by atoms with E-state index in [1.807, 2.05) is 5.43 Å². The first-order chi connectivity index (χ1) is 8.80. The molecule has 10 heteroatoms. The van der Waals surface area contributed by atoms with E-state index >= 15 is 0 Å². The zero-order chi connectivity index (χ0) is 14.5. The largest absolute Gasteiger partial charge is 0.573 e. The standard InChI is InChI=1S/C9H9F3N4O3/c10-9(11,12)19-7-3-1-6(2-4-7)14-8(15-13)5-16(17)18/h1-4H,5,13H2,(H,14,15). The molecular weight excluding hydrogens is 269 g/mol. The Morgan fingerprint density at radius 1 is 1.42 bits per heavy atom. The summed E-state index contributed by atoms with van der Waals surface area (Å²) in [5.74, 6) is 4.48. The highest BCUT2D eigenvalue weighted by Crippen LogP contribution is 2.24. The first-order valence-electron chi connectivity index (χ1n) is 4.82. The molecule has 1 aromatic carbocycles. The van der Waals surface area contributed by atoms with Crippen molar-refractivity contribution in [1.82, 2.24) is 5.43 Å². The molecule has 7 nitrogen and oxygen atoms in total. The van der Waals surface area contributed by atoms with Gasteiger partial charge in [0.2, 0.25) is 0 Å². The van der Waals surface area contributed by atoms with E-state index in [1.54, 1.807) is 0 Å². The molecule has 0 bridgehead atoms. The number of alkyl halides is 3. The second kappa shape index (κ2) is 6.00. The van der Waals surface area contributed by atoms with Gasteiger partial charge in [0.1, 0.15) is 5.75 Å². The van der Waals surface area contributed by atoms with Crippen LogP contribution in [-0.4, -0.2) is 23.7 Å². The lowest BCUT2D eigenvalue weighted by Gasteiger charge is -2.08. The molecule has 0 aliphatic rings. The van der Waals surface area contributed by atoms with E-state index in [0.717, 1.165) is 12.1 Å². The predicted octanol–water partition coefficient (Wildman–Crippen LogP) is 1.36. The third-order valence-electron chi connectivity index (χ3n) is 1.78. The zero-order valence-corrected chi connectivity index (χ0v) is 9.35. The first kappa shape index (κ1) is 14.7. The number of hydrogen-bond acceptors (Lipinski definition) is 5. The lowest BCUT2D eigenvalue weighted by atomic mass is 10.3. The average Bonchev–Trinajstić information content (AvgIpc) is 2.28. The maximum absolute atomic E-state index is 11.9. The van der Waals surface area contributed by atoms with Gasteiger partial charge in [-0.2, -0.15) is 0 Å². The summed E-state index contributed by atoms with van der Waals surface area (Å²) in [6.07, 6.45) is -4.78. The Morgan fingerprint density at radius 3 is 2.42 bits per heavy atom. The molecular formula is C9H9F3N4O3. The second-order valence-electron chi connectivity index (χ2n) is 3.24. The van der Waals surface area contributed by atoms with Crippen LogP contribution in [0.4, 0.5) is 18.9 Å². The van der Waals surface area contributed by atoms with Crippen molar-refractivity contribution in [2.75, 3.05) is 6.54 Å². The van der Waals surface area contributed by atoms with E-state index < -0.39 is 23.6 Å². The fourth-order valence-corrected chi connectivity index (χ4v) is 1.11. The number of ether oxygens (including phenoxy) is 1. The third kappa shape index (κ3) is 5.68. The van der Waals surface area contributed by atoms with Gasteiger partial charge in [-0.05, 0) is 24.3 Å². The number of nitrogens with zero attached hydrogens (tertiary/aromatic N) is 2. The van der Waals surface area contributed by atoms with Gasteiger partial charge in [-0.25, -0.2) is 10.8 Å². The molecule has 0 heterocycles. The number of benzene rings is 1. The van der Waals surface area contributed by atoms with Gasteiger partial charge in [0.25, 0.3) is 6.54 Å². The first-order valence-corrected chi connectivity index (χ1v) is 4.82. The number of aliphatic imine (C=N–C) groups is 1. The molecule has 0 spiro atoms. The van der Waals surface area contributed by atoms with E-state index in [1.165, 1.54) is 12.1 Å². The Morgan fingerprint density at radius 2 is 2.00 bits per heavy atom. The minimum Gasteiger partial charge on any atom is -0.406 e. The van der Waals surface area contributed by atoms with E-state index in [-0.39, 0.29) is 11.5 Å². The van der Waals surface area contributed by atoms with Gasteiger partial charge in [-0.1, -0.05) is 0 Å². The Bertz CT molecular complexity index is 473. The Balaban J connectivity index is 2.80. The Hall–Kier alpha value is -2.36. The fraction of sp³-hybridized carbons (Fsp3) is 0.222. The van der Waals surface area contributed by atoms with Crippen LogP contribution in [-0.2, 0) is 0 Å². The van der Waals surface area contributed by atoms with Crippen molar-refractivity contribution in [1.29, 1.82) is 0 Å². The maximum Gasteiger partial charge on any atom is 0.573 e. The van der Waals surface area contributed by atoms with Crippen LogP contribution in [0.2, 0.25) is 0 Å². The highest BCUT2D eigenvalue weighted by molar-refractivity contribution is 5.85. The molecule has 0 aliphatic heterocycles. The summed E-state index contributed by atoms with van der Waals surface area (Å²) in [5.41, 5.74) is 2.23. The SMILES string of the molecule is NNC(C[N+](=O)[O-])=Nc1ccc(OC(F)(F)F)cc1. The summed E-state index contributed by atoms with van der Waals surface area (Å²) in [6.45, 7) is -0.628. The lowest BCUT2D eigenvalue weighted by Crippen LogP contribution is -2.35. The number of hydrogen-bond donors (Lipinski definition) is 2. The average molecular weight is 278 g/mol. The molecule has 19 heavy (non-hydrogen) atoms. The van der Waals surface area contributed by atoms with E-state index in [0.29, 0.717) is 0 Å². The molecule has 0 saturated carbocycles. The molecule has 0 aliphatic carbocycles. The van der Waals surface area contributed by atoms with Crippen molar-refractivity contribution in [3.05, 3.63) is 34.4 Å². The minimum atomic E-state index is -4.78. The van der Waals surface area contributed by atoms with Crippen LogP contribution < -0.4 is 16.0 Å². The monoisotopic (exact) mass is 278 g/mol. The molecule has 0 radical (unpaired) electrons. The van der Waals surface area contributed by atoms with Gasteiger partial charge in [-0.3, -0.25) is 10.1 Å². The maximum atomic E-state index is 11.9. The summed E-state index contributed by atoms with van der Waals surface area (Å²) in [7, 11) is 0. The van der Waals surface area contributed by atoms with Crippen LogP contribution >= 0.6 is 0 Å².